The van der Waals surface area contributed by atoms with Gasteiger partial charge >= 0.3 is 6.03 Å². The van der Waals surface area contributed by atoms with Crippen LogP contribution in [0.3, 0.4) is 0 Å². The zero-order chi connectivity index (χ0) is 9.02. The van der Waals surface area contributed by atoms with Crippen LogP contribution in [0.5, 0.6) is 0 Å². The lowest BCUT2D eigenvalue weighted by molar-refractivity contribution is 0.241. The Morgan fingerprint density at radius 2 is 1.82 bits per heavy atom. The van der Waals surface area contributed by atoms with Crippen LogP contribution in [-0.2, 0) is 0 Å². The number of amides is 2. The van der Waals surface area contributed by atoms with Gasteiger partial charge in [-0.2, -0.15) is 0 Å². The van der Waals surface area contributed by atoms with Crippen LogP contribution in [0.4, 0.5) is 4.79 Å². The Hall–Kier alpha value is -1.99. The highest BCUT2D eigenvalue weighted by Gasteiger charge is 2.16. The SMILES string of the molecule is N=C(N)N(C(N)=O)C(N)=NN. The summed E-state index contributed by atoms with van der Waals surface area (Å²) >= 11 is 0. The Morgan fingerprint density at radius 1 is 1.36 bits per heavy atom. The van der Waals surface area contributed by atoms with Gasteiger partial charge in [0.1, 0.15) is 0 Å². The third-order valence-electron chi connectivity index (χ3n) is 0.823. The molecule has 9 N–H and O–H groups in total. The summed E-state index contributed by atoms with van der Waals surface area (Å²) < 4.78 is 0. The molecule has 0 spiro atoms. The molecule has 0 heterocycles. The first kappa shape index (κ1) is 9.01. The van der Waals surface area contributed by atoms with E-state index in [1.165, 1.54) is 0 Å². The lowest BCUT2D eigenvalue weighted by Gasteiger charge is -2.14. The minimum atomic E-state index is -1.01. The molecule has 0 aromatic rings. The molecule has 62 valence electrons. The molecule has 8 nitrogen and oxygen atoms in total. The standard InChI is InChI=1S/C3H9N7O/c4-1(5)10(3(7)11)2(6)9-8/h8H2,(H3,4,5)(H2,6,9)(H2,7,11). The quantitative estimate of drug-likeness (QED) is 0.114. The third-order valence-corrected chi connectivity index (χ3v) is 0.823. The molecule has 8 heteroatoms. The fraction of sp³-hybridized carbons (Fsp3) is 0. The Kier molecular flexibility index (Phi) is 2.66. The van der Waals surface area contributed by atoms with Crippen molar-refractivity contribution in [3.05, 3.63) is 0 Å². The van der Waals surface area contributed by atoms with Gasteiger partial charge in [0.15, 0.2) is 0 Å². The van der Waals surface area contributed by atoms with Gasteiger partial charge in [-0.05, 0) is 0 Å². The summed E-state index contributed by atoms with van der Waals surface area (Å²) in [5.41, 5.74) is 14.7. The number of nitrogens with two attached hydrogens (primary N) is 4. The number of nitrogens with one attached hydrogen (secondary N) is 1. The van der Waals surface area contributed by atoms with Crippen molar-refractivity contribution in [2.45, 2.75) is 0 Å². The van der Waals surface area contributed by atoms with Crippen LogP contribution in [0.2, 0.25) is 0 Å². The van der Waals surface area contributed by atoms with Gasteiger partial charge in [0.05, 0.1) is 0 Å². The summed E-state index contributed by atoms with van der Waals surface area (Å²) in [4.78, 5) is 10.9. The molecule has 0 aromatic heterocycles. The summed E-state index contributed by atoms with van der Waals surface area (Å²) in [5.74, 6) is 3.65. The van der Waals surface area contributed by atoms with Crippen LogP contribution in [-0.4, -0.2) is 22.9 Å². The predicted molar refractivity (Wildman–Crippen MR) is 39.1 cm³/mol. The number of urea groups is 1. The van der Waals surface area contributed by atoms with Gasteiger partial charge in [-0.15, -0.1) is 5.10 Å². The molecule has 0 aliphatic carbocycles. The van der Waals surface area contributed by atoms with Crippen molar-refractivity contribution < 1.29 is 4.79 Å². The van der Waals surface area contributed by atoms with Gasteiger partial charge in [-0.1, -0.05) is 0 Å². The van der Waals surface area contributed by atoms with Crippen molar-refractivity contribution >= 4 is 18.0 Å². The van der Waals surface area contributed by atoms with Crippen molar-refractivity contribution in [1.82, 2.24) is 4.90 Å². The fourth-order valence-electron chi connectivity index (χ4n) is 0.413. The van der Waals surface area contributed by atoms with Gasteiger partial charge in [-0.3, -0.25) is 5.41 Å². The first-order valence-electron chi connectivity index (χ1n) is 2.47. The zero-order valence-corrected chi connectivity index (χ0v) is 5.61. The van der Waals surface area contributed by atoms with Gasteiger partial charge < -0.3 is 23.0 Å². The highest BCUT2D eigenvalue weighted by molar-refractivity contribution is 6.10. The molecule has 0 aliphatic rings. The number of carbonyl (C=O) groups excluding carboxylic acids is 1. The second-order valence-electron chi connectivity index (χ2n) is 1.55. The van der Waals surface area contributed by atoms with Gasteiger partial charge in [0, 0.05) is 0 Å². The largest absolute Gasteiger partial charge is 0.369 e. The number of hydrazone groups is 1. The van der Waals surface area contributed by atoms with Crippen LogP contribution in [0, 0.1) is 5.41 Å². The predicted octanol–water partition coefficient (Wildman–Crippen LogP) is -2.55. The Bertz CT molecular complexity index is 194. The maximum absolute atomic E-state index is 10.5. The first-order chi connectivity index (χ1) is 5.00. The Morgan fingerprint density at radius 3 is 1.91 bits per heavy atom. The molecule has 11 heavy (non-hydrogen) atoms. The normalized spacial score (nSPS) is 10.7. The highest BCUT2D eigenvalue weighted by Crippen LogP contribution is 1.83. The second-order valence-corrected chi connectivity index (χ2v) is 1.55. The average Bonchev–Trinajstić information content (AvgIpc) is 1.85. The minimum absolute atomic E-state index is 0.426. The molecular formula is C3H9N7O. The number of hydrogen-bond donors (Lipinski definition) is 5. The number of primary amides is 1. The maximum atomic E-state index is 10.5. The second kappa shape index (κ2) is 3.25. The third kappa shape index (κ3) is 2.01. The van der Waals surface area contributed by atoms with E-state index in [0.29, 0.717) is 4.90 Å². The molecule has 0 saturated carbocycles. The first-order valence-corrected chi connectivity index (χ1v) is 2.47. The van der Waals surface area contributed by atoms with E-state index >= 15 is 0 Å². The minimum Gasteiger partial charge on any atom is -0.369 e. The highest BCUT2D eigenvalue weighted by atomic mass is 16.2. The summed E-state index contributed by atoms with van der Waals surface area (Å²) in [6.07, 6.45) is 0. The molecule has 0 rings (SSSR count). The molecule has 0 aliphatic heterocycles. The topological polar surface area (TPSA) is 161 Å². The lowest BCUT2D eigenvalue weighted by atomic mass is 10.7. The van der Waals surface area contributed by atoms with Crippen molar-refractivity contribution in [3.63, 3.8) is 0 Å². The average molecular weight is 159 g/mol. The number of nitrogens with zero attached hydrogens (tertiary/aromatic N) is 2. The van der Waals surface area contributed by atoms with Crippen molar-refractivity contribution in [2.24, 2.45) is 28.1 Å². The van der Waals surface area contributed by atoms with E-state index in [4.69, 9.17) is 28.5 Å². The van der Waals surface area contributed by atoms with Crippen LogP contribution >= 0.6 is 0 Å². The number of hydrogen-bond acceptors (Lipinski definition) is 4. The van der Waals surface area contributed by atoms with Crippen molar-refractivity contribution in [3.8, 4) is 0 Å². The van der Waals surface area contributed by atoms with E-state index in [9.17, 15) is 4.79 Å². The van der Waals surface area contributed by atoms with Gasteiger partial charge in [-0.25, -0.2) is 9.69 Å². The summed E-state index contributed by atoms with van der Waals surface area (Å²) in [5, 5.41) is 9.73. The van der Waals surface area contributed by atoms with Crippen molar-refractivity contribution in [1.29, 1.82) is 5.41 Å². The maximum Gasteiger partial charge on any atom is 0.328 e. The van der Waals surface area contributed by atoms with E-state index in [1.54, 1.807) is 0 Å². The molecule has 0 radical (unpaired) electrons. The molecular weight excluding hydrogens is 150 g/mol. The van der Waals surface area contributed by atoms with E-state index in [1.807, 2.05) is 0 Å². The number of rotatable bonds is 0. The smallest absolute Gasteiger partial charge is 0.328 e. The molecule has 0 aromatic carbocycles. The Balaban J connectivity index is 4.62. The van der Waals surface area contributed by atoms with Crippen LogP contribution in [0.15, 0.2) is 5.10 Å². The molecule has 0 fully saturated rings. The van der Waals surface area contributed by atoms with E-state index < -0.39 is 18.0 Å². The fourth-order valence-corrected chi connectivity index (χ4v) is 0.413. The summed E-state index contributed by atoms with van der Waals surface area (Å²) in [6, 6.07) is -1.01. The lowest BCUT2D eigenvalue weighted by Crippen LogP contribution is -2.51. The number of carbonyl (C=O) groups is 1. The van der Waals surface area contributed by atoms with E-state index in [-0.39, 0.29) is 0 Å². The number of guanidine groups is 2. The van der Waals surface area contributed by atoms with Crippen LogP contribution in [0.1, 0.15) is 0 Å². The monoisotopic (exact) mass is 159 g/mol. The van der Waals surface area contributed by atoms with Gasteiger partial charge in [0.25, 0.3) is 0 Å². The van der Waals surface area contributed by atoms with E-state index in [2.05, 4.69) is 5.10 Å². The molecule has 0 unspecified atom stereocenters. The molecule has 0 bridgehead atoms. The van der Waals surface area contributed by atoms with Gasteiger partial charge in [0.2, 0.25) is 11.9 Å². The van der Waals surface area contributed by atoms with Crippen LogP contribution < -0.4 is 23.0 Å². The van der Waals surface area contributed by atoms with Crippen molar-refractivity contribution in [2.75, 3.05) is 0 Å². The van der Waals surface area contributed by atoms with E-state index in [0.717, 1.165) is 0 Å². The molecule has 0 atom stereocenters. The summed E-state index contributed by atoms with van der Waals surface area (Å²) in [6.45, 7) is 0. The Labute approximate surface area is 62.3 Å². The summed E-state index contributed by atoms with van der Waals surface area (Å²) in [7, 11) is 0. The molecule has 2 amide bonds. The molecule has 0 saturated heterocycles. The zero-order valence-electron chi connectivity index (χ0n) is 5.61. The van der Waals surface area contributed by atoms with Crippen LogP contribution in [0.25, 0.3) is 0 Å².